The van der Waals surface area contributed by atoms with Crippen molar-refractivity contribution in [3.63, 3.8) is 0 Å². The van der Waals surface area contributed by atoms with Gasteiger partial charge in [-0.3, -0.25) is 0 Å². The van der Waals surface area contributed by atoms with Crippen molar-refractivity contribution in [1.82, 2.24) is 0 Å². The van der Waals surface area contributed by atoms with Crippen LogP contribution in [0, 0.1) is 13.8 Å². The van der Waals surface area contributed by atoms with Gasteiger partial charge in [-0.2, -0.15) is 0 Å². The average Bonchev–Trinajstić information content (AvgIpc) is 2.56. The lowest BCUT2D eigenvalue weighted by atomic mass is 10.2. The summed E-state index contributed by atoms with van der Waals surface area (Å²) in [6.45, 7) is 4.06. The van der Waals surface area contributed by atoms with Gasteiger partial charge in [-0.1, -0.05) is 59.7 Å². The molecule has 0 aliphatic carbocycles. The Balaban J connectivity index is 2.24. The van der Waals surface area contributed by atoms with Crippen LogP contribution in [0.5, 0.6) is 0 Å². The van der Waals surface area contributed by atoms with Crippen molar-refractivity contribution in [3.05, 3.63) is 83.9 Å². The highest BCUT2D eigenvalue weighted by atomic mass is 31.2. The SMILES string of the molecule is Cc1ccc(P(=O)(c2ccc(C)cc2)c2ccc(N)cc2)cc1. The third kappa shape index (κ3) is 2.95. The van der Waals surface area contributed by atoms with Crippen LogP contribution in [-0.4, -0.2) is 0 Å². The molecule has 0 saturated carbocycles. The molecule has 0 spiro atoms. The van der Waals surface area contributed by atoms with Gasteiger partial charge in [0.25, 0.3) is 0 Å². The molecule has 0 atom stereocenters. The first-order valence-corrected chi connectivity index (χ1v) is 9.31. The second kappa shape index (κ2) is 6.06. The Labute approximate surface area is 137 Å². The number of rotatable bonds is 3. The van der Waals surface area contributed by atoms with Crippen molar-refractivity contribution >= 4 is 28.7 Å². The lowest BCUT2D eigenvalue weighted by Gasteiger charge is -2.20. The summed E-state index contributed by atoms with van der Waals surface area (Å²) in [6, 6.07) is 23.2. The lowest BCUT2D eigenvalue weighted by Crippen LogP contribution is -2.25. The Bertz CT molecular complexity index is 732. The minimum atomic E-state index is -2.89. The summed E-state index contributed by atoms with van der Waals surface area (Å²) >= 11 is 0. The molecule has 0 aliphatic heterocycles. The van der Waals surface area contributed by atoms with Crippen LogP contribution in [-0.2, 0) is 4.57 Å². The molecule has 23 heavy (non-hydrogen) atoms. The van der Waals surface area contributed by atoms with Gasteiger partial charge in [0.15, 0.2) is 7.14 Å². The van der Waals surface area contributed by atoms with E-state index in [1.807, 2.05) is 86.6 Å². The van der Waals surface area contributed by atoms with Gasteiger partial charge in [0.1, 0.15) is 0 Å². The van der Waals surface area contributed by atoms with Crippen LogP contribution in [0.4, 0.5) is 5.69 Å². The molecular formula is C20H20NOP. The molecule has 0 aromatic heterocycles. The van der Waals surface area contributed by atoms with E-state index in [1.54, 1.807) is 0 Å². The fourth-order valence-corrected chi connectivity index (χ4v) is 5.24. The molecule has 0 amide bonds. The van der Waals surface area contributed by atoms with E-state index in [4.69, 9.17) is 5.73 Å². The Kier molecular flexibility index (Phi) is 4.11. The number of hydrogen-bond donors (Lipinski definition) is 1. The van der Waals surface area contributed by atoms with E-state index in [0.29, 0.717) is 5.69 Å². The molecule has 3 rings (SSSR count). The molecule has 2 nitrogen and oxygen atoms in total. The maximum atomic E-state index is 14.1. The summed E-state index contributed by atoms with van der Waals surface area (Å²) in [5, 5.41) is 2.49. The molecule has 116 valence electrons. The first-order chi connectivity index (χ1) is 11.0. The van der Waals surface area contributed by atoms with E-state index in [-0.39, 0.29) is 0 Å². The maximum absolute atomic E-state index is 14.1. The minimum Gasteiger partial charge on any atom is -0.399 e. The van der Waals surface area contributed by atoms with Crippen LogP contribution in [0.1, 0.15) is 11.1 Å². The van der Waals surface area contributed by atoms with Gasteiger partial charge in [-0.25, -0.2) is 0 Å². The minimum absolute atomic E-state index is 0.674. The van der Waals surface area contributed by atoms with Crippen LogP contribution >= 0.6 is 7.14 Å². The monoisotopic (exact) mass is 321 g/mol. The highest BCUT2D eigenvalue weighted by molar-refractivity contribution is 7.85. The molecule has 0 unspecified atom stereocenters. The Hall–Kier alpha value is -2.31. The molecule has 0 aliphatic rings. The van der Waals surface area contributed by atoms with Crippen molar-refractivity contribution in [2.75, 3.05) is 5.73 Å². The van der Waals surface area contributed by atoms with Gasteiger partial charge in [-0.15, -0.1) is 0 Å². The van der Waals surface area contributed by atoms with Crippen molar-refractivity contribution in [1.29, 1.82) is 0 Å². The second-order valence-electron chi connectivity index (χ2n) is 5.87. The smallest absolute Gasteiger partial charge is 0.171 e. The summed E-state index contributed by atoms with van der Waals surface area (Å²) in [7, 11) is -2.89. The highest BCUT2D eigenvalue weighted by Crippen LogP contribution is 2.42. The summed E-state index contributed by atoms with van der Waals surface area (Å²) in [6.07, 6.45) is 0. The second-order valence-corrected chi connectivity index (χ2v) is 8.64. The number of nitrogen functional groups attached to an aromatic ring is 1. The van der Waals surface area contributed by atoms with E-state index in [9.17, 15) is 4.57 Å². The van der Waals surface area contributed by atoms with Gasteiger partial charge in [0.2, 0.25) is 0 Å². The van der Waals surface area contributed by atoms with Crippen molar-refractivity contribution < 1.29 is 4.57 Å². The zero-order valence-corrected chi connectivity index (χ0v) is 14.3. The lowest BCUT2D eigenvalue weighted by molar-refractivity contribution is 0.592. The van der Waals surface area contributed by atoms with Crippen LogP contribution < -0.4 is 21.6 Å². The Morgan fingerprint density at radius 3 is 1.26 bits per heavy atom. The van der Waals surface area contributed by atoms with E-state index >= 15 is 0 Å². The number of hydrogen-bond acceptors (Lipinski definition) is 2. The molecule has 3 aromatic rings. The number of aryl methyl sites for hydroxylation is 2. The summed E-state index contributed by atoms with van der Waals surface area (Å²) in [5.41, 5.74) is 8.78. The molecule has 3 heteroatoms. The Morgan fingerprint density at radius 2 is 0.913 bits per heavy atom. The third-order valence-electron chi connectivity index (χ3n) is 4.05. The normalized spacial score (nSPS) is 11.4. The summed E-state index contributed by atoms with van der Waals surface area (Å²) in [5.74, 6) is 0. The van der Waals surface area contributed by atoms with Crippen LogP contribution in [0.25, 0.3) is 0 Å². The van der Waals surface area contributed by atoms with E-state index in [0.717, 1.165) is 27.0 Å². The van der Waals surface area contributed by atoms with Crippen LogP contribution in [0.2, 0.25) is 0 Å². The zero-order valence-electron chi connectivity index (χ0n) is 13.4. The quantitative estimate of drug-likeness (QED) is 0.592. The molecule has 0 radical (unpaired) electrons. The zero-order chi connectivity index (χ0) is 16.4. The number of nitrogens with two attached hydrogens (primary N) is 1. The fourth-order valence-electron chi connectivity index (χ4n) is 2.64. The van der Waals surface area contributed by atoms with Gasteiger partial charge in [0.05, 0.1) is 0 Å². The number of benzene rings is 3. The van der Waals surface area contributed by atoms with E-state index in [2.05, 4.69) is 0 Å². The topological polar surface area (TPSA) is 43.1 Å². The van der Waals surface area contributed by atoms with E-state index in [1.165, 1.54) is 0 Å². The summed E-state index contributed by atoms with van der Waals surface area (Å²) in [4.78, 5) is 0. The fraction of sp³-hybridized carbons (Fsp3) is 0.100. The molecule has 0 bridgehead atoms. The predicted molar refractivity (Wildman–Crippen MR) is 99.7 cm³/mol. The molecule has 0 heterocycles. The first kappa shape index (κ1) is 15.6. The van der Waals surface area contributed by atoms with Crippen molar-refractivity contribution in [2.24, 2.45) is 0 Å². The standard InChI is InChI=1S/C20H20NOP/c1-15-3-9-18(10-4-15)23(22,19-11-5-16(2)6-12-19)20-13-7-17(21)8-14-20/h3-14H,21H2,1-2H3. The highest BCUT2D eigenvalue weighted by Gasteiger charge is 2.29. The van der Waals surface area contributed by atoms with Gasteiger partial charge in [-0.05, 0) is 38.1 Å². The van der Waals surface area contributed by atoms with Gasteiger partial charge < -0.3 is 10.3 Å². The van der Waals surface area contributed by atoms with Gasteiger partial charge in [0, 0.05) is 21.6 Å². The molecule has 3 aromatic carbocycles. The summed E-state index contributed by atoms with van der Waals surface area (Å²) < 4.78 is 14.1. The van der Waals surface area contributed by atoms with Crippen molar-refractivity contribution in [3.8, 4) is 0 Å². The maximum Gasteiger partial charge on any atom is 0.171 e. The van der Waals surface area contributed by atoms with Crippen molar-refractivity contribution in [2.45, 2.75) is 13.8 Å². The van der Waals surface area contributed by atoms with E-state index < -0.39 is 7.14 Å². The third-order valence-corrected chi connectivity index (χ3v) is 7.13. The Morgan fingerprint density at radius 1 is 0.609 bits per heavy atom. The largest absolute Gasteiger partial charge is 0.399 e. The predicted octanol–water partition coefficient (Wildman–Crippen LogP) is 3.53. The molecular weight excluding hydrogens is 301 g/mol. The first-order valence-electron chi connectivity index (χ1n) is 7.61. The van der Waals surface area contributed by atoms with Gasteiger partial charge >= 0.3 is 0 Å². The van der Waals surface area contributed by atoms with Crippen LogP contribution in [0.3, 0.4) is 0 Å². The molecule has 0 saturated heterocycles. The number of anilines is 1. The molecule has 0 fully saturated rings. The molecule has 2 N–H and O–H groups in total. The average molecular weight is 321 g/mol. The van der Waals surface area contributed by atoms with Crippen LogP contribution in [0.15, 0.2) is 72.8 Å².